The first kappa shape index (κ1) is 14.8. The van der Waals surface area contributed by atoms with E-state index in [0.717, 1.165) is 18.4 Å². The van der Waals surface area contributed by atoms with Gasteiger partial charge in [-0.3, -0.25) is 4.79 Å². The molecule has 1 aromatic rings. The second-order valence-corrected chi connectivity index (χ2v) is 6.53. The maximum Gasteiger partial charge on any atom is 0.231 e. The van der Waals surface area contributed by atoms with Crippen molar-refractivity contribution < 1.29 is 14.6 Å². The van der Waals surface area contributed by atoms with Gasteiger partial charge in [-0.2, -0.15) is 0 Å². The van der Waals surface area contributed by atoms with Gasteiger partial charge in [0, 0.05) is 18.2 Å². The Kier molecular flexibility index (Phi) is 3.95. The number of amides is 1. The molecular weight excluding hydrogens is 290 g/mol. The molecule has 1 aliphatic carbocycles. The normalized spacial score (nSPS) is 22.6. The first-order valence-electron chi connectivity index (χ1n) is 7.38. The molecule has 1 amide bonds. The highest BCUT2D eigenvalue weighted by atomic mass is 35.5. The first-order valence-corrected chi connectivity index (χ1v) is 7.75. The molecule has 1 saturated carbocycles. The Morgan fingerprint density at radius 3 is 2.33 bits per heavy atom. The molecule has 1 heterocycles. The molecule has 5 heteroatoms. The van der Waals surface area contributed by atoms with Crippen LogP contribution in [0.15, 0.2) is 24.3 Å². The van der Waals surface area contributed by atoms with Crippen LogP contribution in [0.1, 0.15) is 31.2 Å². The smallest absolute Gasteiger partial charge is 0.231 e. The van der Waals surface area contributed by atoms with Crippen LogP contribution in [0.25, 0.3) is 0 Å². The highest BCUT2D eigenvalue weighted by Crippen LogP contribution is 2.49. The van der Waals surface area contributed by atoms with Gasteiger partial charge in [-0.05, 0) is 43.4 Å². The number of halogens is 1. The predicted molar refractivity (Wildman–Crippen MR) is 80.4 cm³/mol. The molecule has 1 aliphatic heterocycles. The monoisotopic (exact) mass is 309 g/mol. The first-order chi connectivity index (χ1) is 10.1. The third-order valence-corrected chi connectivity index (χ3v) is 4.96. The predicted octanol–water partition coefficient (Wildman–Crippen LogP) is 2.03. The molecule has 0 bridgehead atoms. The van der Waals surface area contributed by atoms with Crippen molar-refractivity contribution in [2.24, 2.45) is 0 Å². The molecule has 2 N–H and O–H groups in total. The van der Waals surface area contributed by atoms with Crippen molar-refractivity contribution in [3.05, 3.63) is 34.9 Å². The zero-order valence-electron chi connectivity index (χ0n) is 11.9. The number of hydrogen-bond donors (Lipinski definition) is 2. The molecule has 2 fully saturated rings. The number of aliphatic hydroxyl groups is 1. The molecule has 4 nitrogen and oxygen atoms in total. The van der Waals surface area contributed by atoms with Crippen molar-refractivity contribution in [3.63, 3.8) is 0 Å². The number of nitrogens with one attached hydrogen (secondary N) is 1. The molecular formula is C16H20ClNO3. The summed E-state index contributed by atoms with van der Waals surface area (Å²) in [5.74, 6) is 0.0146. The number of ether oxygens (including phenoxy) is 1. The van der Waals surface area contributed by atoms with Gasteiger partial charge in [0.15, 0.2) is 0 Å². The van der Waals surface area contributed by atoms with Crippen molar-refractivity contribution >= 4 is 17.5 Å². The average Bonchev–Trinajstić information content (AvgIpc) is 3.31. The van der Waals surface area contributed by atoms with E-state index >= 15 is 0 Å². The van der Waals surface area contributed by atoms with E-state index in [1.54, 1.807) is 0 Å². The highest BCUT2D eigenvalue weighted by Gasteiger charge is 2.53. The number of carbonyl (C=O) groups is 1. The Morgan fingerprint density at radius 2 is 1.81 bits per heavy atom. The van der Waals surface area contributed by atoms with Gasteiger partial charge in [0.2, 0.25) is 5.91 Å². The standard InChI is InChI=1S/C16H20ClNO3/c17-13-3-1-12(2-4-13)16(5-6-16)14(20)18-15(11-19)7-9-21-10-8-15/h1-4,19H,5-11H2,(H,18,20). The number of hydrogen-bond acceptors (Lipinski definition) is 3. The van der Waals surface area contributed by atoms with Crippen LogP contribution in [0.3, 0.4) is 0 Å². The Morgan fingerprint density at radius 1 is 1.19 bits per heavy atom. The summed E-state index contributed by atoms with van der Waals surface area (Å²) in [6.45, 7) is 1.11. The summed E-state index contributed by atoms with van der Waals surface area (Å²) in [4.78, 5) is 12.7. The van der Waals surface area contributed by atoms with Gasteiger partial charge in [0.05, 0.1) is 17.6 Å². The van der Waals surface area contributed by atoms with Crippen molar-refractivity contribution in [2.45, 2.75) is 36.6 Å². The molecule has 0 spiro atoms. The third kappa shape index (κ3) is 2.80. The summed E-state index contributed by atoms with van der Waals surface area (Å²) >= 11 is 5.91. The van der Waals surface area contributed by atoms with E-state index in [0.29, 0.717) is 31.1 Å². The molecule has 3 rings (SSSR count). The summed E-state index contributed by atoms with van der Waals surface area (Å²) in [5.41, 5.74) is 0.0344. The Hall–Kier alpha value is -1.10. The number of aliphatic hydroxyl groups excluding tert-OH is 1. The molecule has 1 saturated heterocycles. The lowest BCUT2D eigenvalue weighted by Gasteiger charge is -2.37. The average molecular weight is 310 g/mol. The molecule has 0 radical (unpaired) electrons. The lowest BCUT2D eigenvalue weighted by atomic mass is 9.88. The lowest BCUT2D eigenvalue weighted by molar-refractivity contribution is -0.127. The fourth-order valence-corrected chi connectivity index (χ4v) is 3.11. The fraction of sp³-hybridized carbons (Fsp3) is 0.562. The van der Waals surface area contributed by atoms with Crippen LogP contribution in [-0.2, 0) is 14.9 Å². The molecule has 1 aromatic carbocycles. The van der Waals surface area contributed by atoms with E-state index in [4.69, 9.17) is 16.3 Å². The minimum absolute atomic E-state index is 0.0146. The van der Waals surface area contributed by atoms with Crippen molar-refractivity contribution in [2.75, 3.05) is 19.8 Å². The maximum atomic E-state index is 12.7. The van der Waals surface area contributed by atoms with Crippen LogP contribution < -0.4 is 5.32 Å². The minimum Gasteiger partial charge on any atom is -0.394 e. The van der Waals surface area contributed by atoms with E-state index in [1.165, 1.54) is 0 Å². The van der Waals surface area contributed by atoms with Crippen molar-refractivity contribution in [3.8, 4) is 0 Å². The van der Waals surface area contributed by atoms with Crippen LogP contribution in [0.4, 0.5) is 0 Å². The molecule has 21 heavy (non-hydrogen) atoms. The number of benzene rings is 1. The Bertz CT molecular complexity index is 519. The Labute approximate surface area is 129 Å². The van der Waals surface area contributed by atoms with Crippen LogP contribution in [0.2, 0.25) is 5.02 Å². The zero-order chi connectivity index (χ0) is 14.9. The number of carbonyl (C=O) groups excluding carboxylic acids is 1. The number of rotatable bonds is 4. The van der Waals surface area contributed by atoms with Crippen LogP contribution in [-0.4, -0.2) is 36.4 Å². The molecule has 114 valence electrons. The summed E-state index contributed by atoms with van der Waals surface area (Å²) < 4.78 is 5.33. The van der Waals surface area contributed by atoms with Gasteiger partial charge in [0.25, 0.3) is 0 Å². The molecule has 2 aliphatic rings. The second-order valence-electron chi connectivity index (χ2n) is 6.09. The Balaban J connectivity index is 1.76. The van der Waals surface area contributed by atoms with E-state index in [2.05, 4.69) is 5.32 Å². The topological polar surface area (TPSA) is 58.6 Å². The molecule has 0 atom stereocenters. The zero-order valence-corrected chi connectivity index (χ0v) is 12.7. The minimum atomic E-state index is -0.530. The maximum absolute atomic E-state index is 12.7. The van der Waals surface area contributed by atoms with Gasteiger partial charge < -0.3 is 15.2 Å². The summed E-state index contributed by atoms with van der Waals surface area (Å²) in [6, 6.07) is 7.48. The lowest BCUT2D eigenvalue weighted by Crippen LogP contribution is -2.57. The van der Waals surface area contributed by atoms with Gasteiger partial charge in [-0.1, -0.05) is 23.7 Å². The second kappa shape index (κ2) is 5.59. The van der Waals surface area contributed by atoms with Crippen molar-refractivity contribution in [1.82, 2.24) is 5.32 Å². The van der Waals surface area contributed by atoms with Crippen molar-refractivity contribution in [1.29, 1.82) is 0 Å². The van der Waals surface area contributed by atoms with E-state index in [-0.39, 0.29) is 12.5 Å². The van der Waals surface area contributed by atoms with Crippen LogP contribution in [0, 0.1) is 0 Å². The largest absolute Gasteiger partial charge is 0.394 e. The van der Waals surface area contributed by atoms with Gasteiger partial charge in [-0.25, -0.2) is 0 Å². The highest BCUT2D eigenvalue weighted by molar-refractivity contribution is 6.30. The van der Waals surface area contributed by atoms with E-state index < -0.39 is 11.0 Å². The molecule has 0 aromatic heterocycles. The quantitative estimate of drug-likeness (QED) is 0.895. The summed E-state index contributed by atoms with van der Waals surface area (Å²) in [5, 5.41) is 13.5. The fourth-order valence-electron chi connectivity index (χ4n) is 2.99. The van der Waals surface area contributed by atoms with E-state index in [9.17, 15) is 9.90 Å². The SMILES string of the molecule is O=C(NC1(CO)CCOCC1)C1(c2ccc(Cl)cc2)CC1. The van der Waals surface area contributed by atoms with Crippen LogP contribution in [0.5, 0.6) is 0 Å². The third-order valence-electron chi connectivity index (χ3n) is 4.71. The van der Waals surface area contributed by atoms with Crippen LogP contribution >= 0.6 is 11.6 Å². The van der Waals surface area contributed by atoms with Gasteiger partial charge >= 0.3 is 0 Å². The molecule has 0 unspecified atom stereocenters. The van der Waals surface area contributed by atoms with Gasteiger partial charge in [0.1, 0.15) is 0 Å². The summed E-state index contributed by atoms with van der Waals surface area (Å²) in [7, 11) is 0. The van der Waals surface area contributed by atoms with E-state index in [1.807, 2.05) is 24.3 Å². The summed E-state index contributed by atoms with van der Waals surface area (Å²) in [6.07, 6.45) is 3.01. The van der Waals surface area contributed by atoms with Gasteiger partial charge in [-0.15, -0.1) is 0 Å².